The van der Waals surface area contributed by atoms with Gasteiger partial charge in [-0.15, -0.1) is 0 Å². The first kappa shape index (κ1) is 21.3. The Labute approximate surface area is 165 Å². The summed E-state index contributed by atoms with van der Waals surface area (Å²) in [6.45, 7) is 2.56. The molecule has 1 amide bonds. The van der Waals surface area contributed by atoms with Crippen LogP contribution in [0.3, 0.4) is 0 Å². The molecule has 2 aromatic rings. The number of benzene rings is 2. The number of rotatable bonds is 10. The first-order chi connectivity index (χ1) is 13.6. The number of hydrogen-bond donors (Lipinski definition) is 1. The van der Waals surface area contributed by atoms with E-state index in [0.717, 1.165) is 25.7 Å². The Morgan fingerprint density at radius 2 is 1.50 bits per heavy atom. The molecule has 0 aromatic heterocycles. The van der Waals surface area contributed by atoms with Crippen molar-refractivity contribution in [2.24, 2.45) is 0 Å². The molecular weight excluding hydrogens is 358 g/mol. The van der Waals surface area contributed by atoms with Gasteiger partial charge in [0.05, 0.1) is 26.4 Å². The third-order valence-corrected chi connectivity index (χ3v) is 4.22. The zero-order valence-corrected chi connectivity index (χ0v) is 16.6. The number of unbranched alkanes of at least 4 members (excludes halogenated alkanes) is 3. The maximum absolute atomic E-state index is 12.5. The van der Waals surface area contributed by atoms with Gasteiger partial charge in [0.25, 0.3) is 5.91 Å². The Kier molecular flexibility index (Phi) is 8.34. The van der Waals surface area contributed by atoms with Gasteiger partial charge in [-0.05, 0) is 42.8 Å². The van der Waals surface area contributed by atoms with Crippen molar-refractivity contribution in [2.45, 2.75) is 32.6 Å². The number of ether oxygens (including phenoxy) is 3. The van der Waals surface area contributed by atoms with Crippen LogP contribution in [0.25, 0.3) is 0 Å². The van der Waals surface area contributed by atoms with E-state index in [1.165, 1.54) is 14.2 Å². The van der Waals surface area contributed by atoms with Gasteiger partial charge < -0.3 is 19.5 Å². The molecule has 0 heterocycles. The summed E-state index contributed by atoms with van der Waals surface area (Å²) in [5, 5.41) is 2.79. The van der Waals surface area contributed by atoms with E-state index in [1.807, 2.05) is 0 Å². The Morgan fingerprint density at radius 3 is 2.07 bits per heavy atom. The van der Waals surface area contributed by atoms with Gasteiger partial charge in [-0.1, -0.05) is 26.2 Å². The lowest BCUT2D eigenvalue weighted by atomic mass is 10.1. The van der Waals surface area contributed by atoms with Gasteiger partial charge in [0.1, 0.15) is 11.5 Å². The summed E-state index contributed by atoms with van der Waals surface area (Å²) < 4.78 is 15.6. The number of anilines is 1. The topological polar surface area (TPSA) is 73.9 Å². The van der Waals surface area contributed by atoms with E-state index in [2.05, 4.69) is 12.2 Å². The van der Waals surface area contributed by atoms with Crippen LogP contribution in [0, 0.1) is 0 Å². The highest BCUT2D eigenvalue weighted by Gasteiger charge is 2.11. The predicted molar refractivity (Wildman–Crippen MR) is 108 cm³/mol. The predicted octanol–water partition coefficient (Wildman–Crippen LogP) is 4.69. The Morgan fingerprint density at radius 1 is 0.857 bits per heavy atom. The highest BCUT2D eigenvalue weighted by atomic mass is 16.5. The number of carbonyl (C=O) groups is 2. The average molecular weight is 385 g/mol. The summed E-state index contributed by atoms with van der Waals surface area (Å²) >= 11 is 0. The van der Waals surface area contributed by atoms with Crippen LogP contribution in [-0.4, -0.2) is 32.7 Å². The molecule has 1 N–H and O–H groups in total. The van der Waals surface area contributed by atoms with Crippen molar-refractivity contribution in [1.29, 1.82) is 0 Å². The molecule has 0 saturated heterocycles. The highest BCUT2D eigenvalue weighted by Crippen LogP contribution is 2.23. The number of hydrogen-bond acceptors (Lipinski definition) is 5. The van der Waals surface area contributed by atoms with Gasteiger partial charge in [0.15, 0.2) is 0 Å². The monoisotopic (exact) mass is 385 g/mol. The first-order valence-electron chi connectivity index (χ1n) is 9.39. The number of nitrogens with one attached hydrogen (secondary N) is 1. The molecule has 0 fully saturated rings. The van der Waals surface area contributed by atoms with E-state index < -0.39 is 0 Å². The van der Waals surface area contributed by atoms with Crippen LogP contribution >= 0.6 is 0 Å². The lowest BCUT2D eigenvalue weighted by molar-refractivity contribution is 0.0497. The van der Waals surface area contributed by atoms with Crippen molar-refractivity contribution in [2.75, 3.05) is 26.1 Å². The van der Waals surface area contributed by atoms with Gasteiger partial charge in [0.2, 0.25) is 0 Å². The molecule has 2 aromatic carbocycles. The van der Waals surface area contributed by atoms with Crippen LogP contribution in [0.4, 0.5) is 5.69 Å². The van der Waals surface area contributed by atoms with Gasteiger partial charge >= 0.3 is 5.97 Å². The van der Waals surface area contributed by atoms with Gasteiger partial charge in [-0.25, -0.2) is 4.79 Å². The van der Waals surface area contributed by atoms with Crippen molar-refractivity contribution in [3.8, 4) is 11.5 Å². The van der Waals surface area contributed by atoms with Crippen LogP contribution in [0.5, 0.6) is 11.5 Å². The van der Waals surface area contributed by atoms with Crippen molar-refractivity contribution >= 4 is 17.6 Å². The quantitative estimate of drug-likeness (QED) is 0.474. The zero-order valence-electron chi connectivity index (χ0n) is 16.6. The summed E-state index contributed by atoms with van der Waals surface area (Å²) in [4.78, 5) is 24.5. The lowest BCUT2D eigenvalue weighted by Gasteiger charge is -2.10. The second kappa shape index (κ2) is 11.0. The zero-order chi connectivity index (χ0) is 20.4. The fourth-order valence-electron chi connectivity index (χ4n) is 2.61. The number of esters is 1. The summed E-state index contributed by atoms with van der Waals surface area (Å²) in [7, 11) is 3.05. The molecule has 6 heteroatoms. The maximum atomic E-state index is 12.5. The third-order valence-electron chi connectivity index (χ3n) is 4.22. The molecule has 0 unspecified atom stereocenters. The van der Waals surface area contributed by atoms with E-state index in [1.54, 1.807) is 42.5 Å². The second-order valence-electron chi connectivity index (χ2n) is 6.33. The second-order valence-corrected chi connectivity index (χ2v) is 6.33. The minimum Gasteiger partial charge on any atom is -0.497 e. The van der Waals surface area contributed by atoms with Crippen LogP contribution in [0.15, 0.2) is 42.5 Å². The molecule has 0 atom stereocenters. The molecule has 0 radical (unpaired) electrons. The number of carbonyl (C=O) groups excluding carboxylic acids is 2. The smallest absolute Gasteiger partial charge is 0.338 e. The fourth-order valence-corrected chi connectivity index (χ4v) is 2.61. The van der Waals surface area contributed by atoms with E-state index in [0.29, 0.717) is 34.9 Å². The Balaban J connectivity index is 1.95. The largest absolute Gasteiger partial charge is 0.497 e. The Bertz CT molecular complexity index is 764. The van der Waals surface area contributed by atoms with Crippen LogP contribution in [0.1, 0.15) is 53.3 Å². The SMILES string of the molecule is CCCCCCOC(=O)c1ccc(NC(=O)c2cc(OC)cc(OC)c2)cc1. The summed E-state index contributed by atoms with van der Waals surface area (Å²) in [6.07, 6.45) is 4.22. The maximum Gasteiger partial charge on any atom is 0.338 e. The summed E-state index contributed by atoms with van der Waals surface area (Å²) in [5.41, 5.74) is 1.44. The average Bonchev–Trinajstić information content (AvgIpc) is 2.73. The molecule has 0 aliphatic carbocycles. The highest BCUT2D eigenvalue weighted by molar-refractivity contribution is 6.05. The van der Waals surface area contributed by atoms with E-state index in [4.69, 9.17) is 14.2 Å². The molecule has 2 rings (SSSR count). The third kappa shape index (κ3) is 6.30. The fraction of sp³-hybridized carbons (Fsp3) is 0.364. The van der Waals surface area contributed by atoms with E-state index in [-0.39, 0.29) is 11.9 Å². The minimum absolute atomic E-state index is 0.302. The molecule has 0 aliphatic heterocycles. The number of amides is 1. The van der Waals surface area contributed by atoms with Gasteiger partial charge in [-0.2, -0.15) is 0 Å². The van der Waals surface area contributed by atoms with E-state index >= 15 is 0 Å². The molecule has 0 spiro atoms. The molecule has 0 saturated carbocycles. The molecule has 6 nitrogen and oxygen atoms in total. The van der Waals surface area contributed by atoms with Crippen LogP contribution in [-0.2, 0) is 4.74 Å². The molecule has 28 heavy (non-hydrogen) atoms. The van der Waals surface area contributed by atoms with Crippen molar-refractivity contribution < 1.29 is 23.8 Å². The Hall–Kier alpha value is -3.02. The normalized spacial score (nSPS) is 10.2. The van der Waals surface area contributed by atoms with Crippen LogP contribution in [0.2, 0.25) is 0 Å². The molecular formula is C22H27NO5. The van der Waals surface area contributed by atoms with Crippen molar-refractivity contribution in [3.05, 3.63) is 53.6 Å². The van der Waals surface area contributed by atoms with Crippen LogP contribution < -0.4 is 14.8 Å². The molecule has 0 bridgehead atoms. The standard InChI is InChI=1S/C22H27NO5/c1-4-5-6-7-12-28-22(25)16-8-10-18(11-9-16)23-21(24)17-13-19(26-2)15-20(14-17)27-3/h8-11,13-15H,4-7,12H2,1-3H3,(H,23,24). The van der Waals surface area contributed by atoms with Gasteiger partial charge in [0, 0.05) is 17.3 Å². The molecule has 150 valence electrons. The minimum atomic E-state index is -0.355. The van der Waals surface area contributed by atoms with Crippen molar-refractivity contribution in [1.82, 2.24) is 0 Å². The van der Waals surface area contributed by atoms with Crippen molar-refractivity contribution in [3.63, 3.8) is 0 Å². The summed E-state index contributed by atoms with van der Waals surface area (Å²) in [5.74, 6) is 0.401. The van der Waals surface area contributed by atoms with E-state index in [9.17, 15) is 9.59 Å². The number of methoxy groups -OCH3 is 2. The molecule has 0 aliphatic rings. The first-order valence-corrected chi connectivity index (χ1v) is 9.39. The van der Waals surface area contributed by atoms with Gasteiger partial charge in [-0.3, -0.25) is 4.79 Å². The summed E-state index contributed by atoms with van der Waals surface area (Å²) in [6, 6.07) is 11.6. The lowest BCUT2D eigenvalue weighted by Crippen LogP contribution is -2.12.